The van der Waals surface area contributed by atoms with Gasteiger partial charge in [-0.05, 0) is 19.4 Å². The van der Waals surface area contributed by atoms with Crippen molar-refractivity contribution < 1.29 is 5.11 Å². The van der Waals surface area contributed by atoms with E-state index in [9.17, 15) is 5.11 Å². The molecule has 0 aromatic heterocycles. The molecule has 0 radical (unpaired) electrons. The van der Waals surface area contributed by atoms with Gasteiger partial charge in [-0.15, -0.1) is 0 Å². The molecule has 0 aliphatic carbocycles. The Balaban J connectivity index is 2.98. The molecule has 16 heavy (non-hydrogen) atoms. The zero-order valence-electron chi connectivity index (χ0n) is 11.3. The molecule has 0 saturated heterocycles. The minimum absolute atomic E-state index is 0.283. The third-order valence-corrected chi connectivity index (χ3v) is 3.02. The van der Waals surface area contributed by atoms with Crippen molar-refractivity contribution in [3.05, 3.63) is 0 Å². The topological polar surface area (TPSA) is 32.3 Å². The van der Waals surface area contributed by atoms with Crippen LogP contribution in [-0.2, 0) is 0 Å². The van der Waals surface area contributed by atoms with E-state index < -0.39 is 0 Å². The van der Waals surface area contributed by atoms with Crippen LogP contribution in [0.3, 0.4) is 0 Å². The van der Waals surface area contributed by atoms with Crippen molar-refractivity contribution in [3.8, 4) is 0 Å². The monoisotopic (exact) mass is 229 g/mol. The molecule has 0 saturated carbocycles. The van der Waals surface area contributed by atoms with Crippen LogP contribution in [-0.4, -0.2) is 17.9 Å². The standard InChI is InChI=1S/C14H31NO/c1-3-5-6-7-8-9-10-11-12-13-14(16)15-4-2/h14-16H,3-13H2,1-2H3. The highest BCUT2D eigenvalue weighted by Crippen LogP contribution is 2.10. The Labute approximate surface area is 102 Å². The summed E-state index contributed by atoms with van der Waals surface area (Å²) in [6.45, 7) is 5.15. The van der Waals surface area contributed by atoms with E-state index in [4.69, 9.17) is 0 Å². The van der Waals surface area contributed by atoms with Crippen LogP contribution in [0.2, 0.25) is 0 Å². The Hall–Kier alpha value is -0.0800. The second-order valence-electron chi connectivity index (χ2n) is 4.69. The number of hydrogen-bond donors (Lipinski definition) is 2. The molecule has 0 rings (SSSR count). The molecule has 0 aliphatic heterocycles. The zero-order valence-corrected chi connectivity index (χ0v) is 11.3. The van der Waals surface area contributed by atoms with Gasteiger partial charge in [0.2, 0.25) is 0 Å². The van der Waals surface area contributed by atoms with E-state index in [0.717, 1.165) is 19.4 Å². The van der Waals surface area contributed by atoms with Gasteiger partial charge in [-0.25, -0.2) is 0 Å². The van der Waals surface area contributed by atoms with Gasteiger partial charge in [0.05, 0.1) is 0 Å². The van der Waals surface area contributed by atoms with E-state index in [0.29, 0.717) is 0 Å². The molecule has 0 heterocycles. The second-order valence-corrected chi connectivity index (χ2v) is 4.69. The van der Waals surface area contributed by atoms with Gasteiger partial charge < -0.3 is 5.11 Å². The first-order chi connectivity index (χ1) is 7.81. The van der Waals surface area contributed by atoms with Gasteiger partial charge in [0.1, 0.15) is 6.23 Å². The molecule has 0 spiro atoms. The summed E-state index contributed by atoms with van der Waals surface area (Å²) >= 11 is 0. The molecule has 0 bridgehead atoms. The SMILES string of the molecule is CCCCCCCCCCCC(O)NCC. The van der Waals surface area contributed by atoms with Crippen molar-refractivity contribution in [3.63, 3.8) is 0 Å². The number of nitrogens with one attached hydrogen (secondary N) is 1. The van der Waals surface area contributed by atoms with E-state index in [2.05, 4.69) is 12.2 Å². The molecule has 1 unspecified atom stereocenters. The first-order valence-corrected chi connectivity index (χ1v) is 7.22. The minimum Gasteiger partial charge on any atom is -0.379 e. The van der Waals surface area contributed by atoms with Crippen molar-refractivity contribution >= 4 is 0 Å². The van der Waals surface area contributed by atoms with Crippen LogP contribution >= 0.6 is 0 Å². The summed E-state index contributed by atoms with van der Waals surface area (Å²) in [6.07, 6.45) is 12.7. The first-order valence-electron chi connectivity index (χ1n) is 7.22. The van der Waals surface area contributed by atoms with Crippen LogP contribution in [0.5, 0.6) is 0 Å². The number of aliphatic hydroxyl groups excluding tert-OH is 1. The summed E-state index contributed by atoms with van der Waals surface area (Å²) in [5, 5.41) is 12.5. The second kappa shape index (κ2) is 13.0. The number of hydrogen-bond acceptors (Lipinski definition) is 2. The van der Waals surface area contributed by atoms with Gasteiger partial charge in [-0.2, -0.15) is 0 Å². The lowest BCUT2D eigenvalue weighted by Gasteiger charge is -2.10. The molecular weight excluding hydrogens is 198 g/mol. The largest absolute Gasteiger partial charge is 0.379 e. The van der Waals surface area contributed by atoms with Crippen LogP contribution in [0.4, 0.5) is 0 Å². The maximum absolute atomic E-state index is 9.44. The summed E-state index contributed by atoms with van der Waals surface area (Å²) in [6, 6.07) is 0. The molecule has 0 aliphatic rings. The Kier molecular flexibility index (Phi) is 12.9. The first kappa shape index (κ1) is 15.9. The van der Waals surface area contributed by atoms with Crippen molar-refractivity contribution in [2.45, 2.75) is 84.3 Å². The Bertz CT molecular complexity index is 128. The lowest BCUT2D eigenvalue weighted by molar-refractivity contribution is 0.126. The summed E-state index contributed by atoms with van der Waals surface area (Å²) in [5.41, 5.74) is 0. The molecule has 0 aromatic rings. The zero-order chi connectivity index (χ0) is 12.1. The summed E-state index contributed by atoms with van der Waals surface area (Å²) in [7, 11) is 0. The number of aliphatic hydroxyl groups is 1. The third kappa shape index (κ3) is 12.0. The molecule has 0 amide bonds. The highest BCUT2D eigenvalue weighted by Gasteiger charge is 2.00. The van der Waals surface area contributed by atoms with Crippen molar-refractivity contribution in [1.29, 1.82) is 0 Å². The molecule has 2 N–H and O–H groups in total. The Morgan fingerprint density at radius 1 is 0.812 bits per heavy atom. The fourth-order valence-electron chi connectivity index (χ4n) is 1.99. The third-order valence-electron chi connectivity index (χ3n) is 3.02. The molecule has 2 nitrogen and oxygen atoms in total. The fourth-order valence-corrected chi connectivity index (χ4v) is 1.99. The van der Waals surface area contributed by atoms with Crippen LogP contribution in [0, 0.1) is 0 Å². The van der Waals surface area contributed by atoms with E-state index in [1.807, 2.05) is 6.92 Å². The summed E-state index contributed by atoms with van der Waals surface area (Å²) in [4.78, 5) is 0. The van der Waals surface area contributed by atoms with Gasteiger partial charge in [-0.1, -0.05) is 65.2 Å². The smallest absolute Gasteiger partial charge is 0.104 e. The predicted octanol–water partition coefficient (Wildman–Crippen LogP) is 3.84. The van der Waals surface area contributed by atoms with Gasteiger partial charge in [-0.3, -0.25) is 5.32 Å². The fraction of sp³-hybridized carbons (Fsp3) is 1.00. The molecule has 1 atom stereocenters. The van der Waals surface area contributed by atoms with Crippen LogP contribution < -0.4 is 5.32 Å². The Morgan fingerprint density at radius 3 is 1.81 bits per heavy atom. The van der Waals surface area contributed by atoms with Gasteiger partial charge >= 0.3 is 0 Å². The highest BCUT2D eigenvalue weighted by atomic mass is 16.3. The van der Waals surface area contributed by atoms with Gasteiger partial charge in [0, 0.05) is 0 Å². The molecular formula is C14H31NO. The highest BCUT2D eigenvalue weighted by molar-refractivity contribution is 4.53. The van der Waals surface area contributed by atoms with Gasteiger partial charge in [0.15, 0.2) is 0 Å². The maximum Gasteiger partial charge on any atom is 0.104 e. The predicted molar refractivity (Wildman–Crippen MR) is 71.5 cm³/mol. The molecule has 0 aromatic carbocycles. The van der Waals surface area contributed by atoms with Crippen LogP contribution in [0.1, 0.15) is 78.1 Å². The lowest BCUT2D eigenvalue weighted by atomic mass is 10.1. The number of rotatable bonds is 12. The average Bonchev–Trinajstić information content (AvgIpc) is 2.27. The average molecular weight is 229 g/mol. The van der Waals surface area contributed by atoms with E-state index in [1.54, 1.807) is 0 Å². The van der Waals surface area contributed by atoms with Crippen LogP contribution in [0.25, 0.3) is 0 Å². The van der Waals surface area contributed by atoms with E-state index in [-0.39, 0.29) is 6.23 Å². The summed E-state index contributed by atoms with van der Waals surface area (Å²) in [5.74, 6) is 0. The molecule has 98 valence electrons. The van der Waals surface area contributed by atoms with Crippen LogP contribution in [0.15, 0.2) is 0 Å². The number of unbranched alkanes of at least 4 members (excludes halogenated alkanes) is 8. The summed E-state index contributed by atoms with van der Waals surface area (Å²) < 4.78 is 0. The molecule has 0 fully saturated rings. The Morgan fingerprint density at radius 2 is 1.31 bits per heavy atom. The van der Waals surface area contributed by atoms with Crippen molar-refractivity contribution in [1.82, 2.24) is 5.32 Å². The minimum atomic E-state index is -0.283. The lowest BCUT2D eigenvalue weighted by Crippen LogP contribution is -2.27. The van der Waals surface area contributed by atoms with Gasteiger partial charge in [0.25, 0.3) is 0 Å². The quantitative estimate of drug-likeness (QED) is 0.394. The van der Waals surface area contributed by atoms with Crippen molar-refractivity contribution in [2.24, 2.45) is 0 Å². The normalized spacial score (nSPS) is 12.9. The van der Waals surface area contributed by atoms with Crippen molar-refractivity contribution in [2.75, 3.05) is 6.54 Å². The van der Waals surface area contributed by atoms with E-state index >= 15 is 0 Å². The molecule has 2 heteroatoms. The van der Waals surface area contributed by atoms with E-state index in [1.165, 1.54) is 51.4 Å². The maximum atomic E-state index is 9.44.